The van der Waals surface area contributed by atoms with Crippen LogP contribution < -0.4 is 5.73 Å². The van der Waals surface area contributed by atoms with Gasteiger partial charge in [-0.2, -0.15) is 0 Å². The summed E-state index contributed by atoms with van der Waals surface area (Å²) in [6, 6.07) is 4.04. The van der Waals surface area contributed by atoms with E-state index < -0.39 is 0 Å². The van der Waals surface area contributed by atoms with Crippen molar-refractivity contribution in [3.8, 4) is 0 Å². The minimum Gasteiger partial charge on any atom is -0.357 e. The molecule has 0 saturated heterocycles. The molecule has 2 aromatic heterocycles. The van der Waals surface area contributed by atoms with Crippen molar-refractivity contribution < 1.29 is 0 Å². The number of aromatic amines is 1. The smallest absolute Gasteiger partial charge is 0.0929 e. The van der Waals surface area contributed by atoms with Crippen molar-refractivity contribution in [3.63, 3.8) is 0 Å². The summed E-state index contributed by atoms with van der Waals surface area (Å²) in [4.78, 5) is 7.72. The largest absolute Gasteiger partial charge is 0.357 e. The molecule has 0 spiro atoms. The Balaban J connectivity index is 2.80. The Hall–Kier alpha value is -1.35. The molecule has 0 bridgehead atoms. The first kappa shape index (κ1) is 8.26. The van der Waals surface area contributed by atoms with E-state index in [4.69, 9.17) is 5.73 Å². The SMILES string of the molecule is Cc1ccc2[nH]c(C)c(CN)c2n1. The van der Waals surface area contributed by atoms with Crippen molar-refractivity contribution >= 4 is 11.0 Å². The van der Waals surface area contributed by atoms with E-state index >= 15 is 0 Å². The fourth-order valence-electron chi connectivity index (χ4n) is 1.59. The van der Waals surface area contributed by atoms with Crippen LogP contribution in [0.25, 0.3) is 11.0 Å². The van der Waals surface area contributed by atoms with Gasteiger partial charge in [0.05, 0.1) is 11.0 Å². The van der Waals surface area contributed by atoms with Crippen molar-refractivity contribution in [1.82, 2.24) is 9.97 Å². The number of aryl methyl sites for hydroxylation is 2. The van der Waals surface area contributed by atoms with Crippen molar-refractivity contribution in [3.05, 3.63) is 29.1 Å². The van der Waals surface area contributed by atoms with Crippen molar-refractivity contribution in [2.45, 2.75) is 20.4 Å². The predicted molar refractivity (Wildman–Crippen MR) is 53.5 cm³/mol. The Bertz CT molecular complexity index is 443. The maximum atomic E-state index is 5.65. The molecule has 0 aliphatic heterocycles. The lowest BCUT2D eigenvalue weighted by Crippen LogP contribution is -1.97. The first-order valence-corrected chi connectivity index (χ1v) is 4.37. The van der Waals surface area contributed by atoms with E-state index in [2.05, 4.69) is 9.97 Å². The van der Waals surface area contributed by atoms with Gasteiger partial charge in [0.2, 0.25) is 0 Å². The molecule has 2 aromatic rings. The average molecular weight is 175 g/mol. The number of rotatable bonds is 1. The highest BCUT2D eigenvalue weighted by Crippen LogP contribution is 2.19. The van der Waals surface area contributed by atoms with Crippen LogP contribution in [0.3, 0.4) is 0 Å². The normalized spacial score (nSPS) is 11.0. The van der Waals surface area contributed by atoms with E-state index in [0.717, 1.165) is 28.0 Å². The van der Waals surface area contributed by atoms with Gasteiger partial charge in [-0.25, -0.2) is 0 Å². The van der Waals surface area contributed by atoms with Crippen LogP contribution in [0.15, 0.2) is 12.1 Å². The molecule has 0 unspecified atom stereocenters. The third-order valence-electron chi connectivity index (χ3n) is 2.30. The Kier molecular flexibility index (Phi) is 1.81. The molecule has 3 N–H and O–H groups in total. The fraction of sp³-hybridized carbons (Fsp3) is 0.300. The molecule has 0 atom stereocenters. The van der Waals surface area contributed by atoms with Gasteiger partial charge in [0, 0.05) is 23.5 Å². The number of hydrogen-bond donors (Lipinski definition) is 2. The number of nitrogens with one attached hydrogen (secondary N) is 1. The van der Waals surface area contributed by atoms with Gasteiger partial charge >= 0.3 is 0 Å². The Morgan fingerprint density at radius 1 is 1.38 bits per heavy atom. The van der Waals surface area contributed by atoms with E-state index in [-0.39, 0.29) is 0 Å². The highest BCUT2D eigenvalue weighted by molar-refractivity contribution is 5.80. The fourth-order valence-corrected chi connectivity index (χ4v) is 1.59. The van der Waals surface area contributed by atoms with Gasteiger partial charge < -0.3 is 10.7 Å². The van der Waals surface area contributed by atoms with E-state index in [1.165, 1.54) is 0 Å². The third kappa shape index (κ3) is 1.21. The van der Waals surface area contributed by atoms with Crippen molar-refractivity contribution in [2.75, 3.05) is 0 Å². The standard InChI is InChI=1S/C10H13N3/c1-6-3-4-9-10(12-6)8(5-11)7(2)13-9/h3-4,13H,5,11H2,1-2H3. The summed E-state index contributed by atoms with van der Waals surface area (Å²) in [5.41, 5.74) is 11.0. The lowest BCUT2D eigenvalue weighted by molar-refractivity contribution is 1.05. The Morgan fingerprint density at radius 2 is 2.15 bits per heavy atom. The number of nitrogens with zero attached hydrogens (tertiary/aromatic N) is 1. The number of pyridine rings is 1. The summed E-state index contributed by atoms with van der Waals surface area (Å²) in [6.45, 7) is 4.56. The third-order valence-corrected chi connectivity index (χ3v) is 2.30. The molecule has 3 nitrogen and oxygen atoms in total. The first-order chi connectivity index (χ1) is 6.22. The minimum absolute atomic E-state index is 0.544. The van der Waals surface area contributed by atoms with Crippen LogP contribution in [0.4, 0.5) is 0 Å². The molecule has 0 amide bonds. The molecule has 3 heteroatoms. The number of H-pyrrole nitrogens is 1. The van der Waals surface area contributed by atoms with Gasteiger partial charge in [-0.1, -0.05) is 0 Å². The molecule has 68 valence electrons. The second kappa shape index (κ2) is 2.85. The lowest BCUT2D eigenvalue weighted by Gasteiger charge is -1.95. The first-order valence-electron chi connectivity index (χ1n) is 4.37. The highest BCUT2D eigenvalue weighted by atomic mass is 14.8. The second-order valence-corrected chi connectivity index (χ2v) is 3.28. The number of aromatic nitrogens is 2. The Morgan fingerprint density at radius 3 is 2.85 bits per heavy atom. The average Bonchev–Trinajstić information content (AvgIpc) is 2.40. The van der Waals surface area contributed by atoms with Gasteiger partial charge in [-0.15, -0.1) is 0 Å². The molecule has 0 aliphatic rings. The molecular formula is C10H13N3. The monoisotopic (exact) mass is 175 g/mol. The zero-order valence-corrected chi connectivity index (χ0v) is 7.89. The van der Waals surface area contributed by atoms with Crippen molar-refractivity contribution in [1.29, 1.82) is 0 Å². The second-order valence-electron chi connectivity index (χ2n) is 3.28. The molecule has 13 heavy (non-hydrogen) atoms. The van der Waals surface area contributed by atoms with Crippen LogP contribution in [0.5, 0.6) is 0 Å². The van der Waals surface area contributed by atoms with Gasteiger partial charge in [-0.3, -0.25) is 4.98 Å². The van der Waals surface area contributed by atoms with Crippen LogP contribution in [0.2, 0.25) is 0 Å². The lowest BCUT2D eigenvalue weighted by atomic mass is 10.2. The molecule has 0 aromatic carbocycles. The summed E-state index contributed by atoms with van der Waals surface area (Å²) in [7, 11) is 0. The molecule has 2 heterocycles. The zero-order chi connectivity index (χ0) is 9.42. The maximum absolute atomic E-state index is 5.65. The summed E-state index contributed by atoms with van der Waals surface area (Å²) >= 11 is 0. The molecule has 0 fully saturated rings. The summed E-state index contributed by atoms with van der Waals surface area (Å²) in [5, 5.41) is 0. The molecule has 0 aliphatic carbocycles. The van der Waals surface area contributed by atoms with Gasteiger partial charge in [0.25, 0.3) is 0 Å². The van der Waals surface area contributed by atoms with Gasteiger partial charge in [0.15, 0.2) is 0 Å². The van der Waals surface area contributed by atoms with Crippen LogP contribution >= 0.6 is 0 Å². The van der Waals surface area contributed by atoms with E-state index in [1.807, 2.05) is 26.0 Å². The predicted octanol–water partition coefficient (Wildman–Crippen LogP) is 1.64. The molecule has 0 saturated carbocycles. The van der Waals surface area contributed by atoms with Crippen LogP contribution in [-0.2, 0) is 6.54 Å². The molecule has 0 radical (unpaired) electrons. The van der Waals surface area contributed by atoms with Crippen LogP contribution in [0.1, 0.15) is 17.0 Å². The summed E-state index contributed by atoms with van der Waals surface area (Å²) in [5.74, 6) is 0. The number of hydrogen-bond acceptors (Lipinski definition) is 2. The number of nitrogens with two attached hydrogens (primary N) is 1. The van der Waals surface area contributed by atoms with Crippen LogP contribution in [0, 0.1) is 13.8 Å². The topological polar surface area (TPSA) is 54.7 Å². The zero-order valence-electron chi connectivity index (χ0n) is 7.89. The summed E-state index contributed by atoms with van der Waals surface area (Å²) < 4.78 is 0. The Labute approximate surface area is 77.0 Å². The van der Waals surface area contributed by atoms with E-state index in [1.54, 1.807) is 0 Å². The molecular weight excluding hydrogens is 162 g/mol. The van der Waals surface area contributed by atoms with E-state index in [9.17, 15) is 0 Å². The maximum Gasteiger partial charge on any atom is 0.0929 e. The quantitative estimate of drug-likeness (QED) is 0.692. The molecule has 2 rings (SSSR count). The minimum atomic E-state index is 0.544. The highest BCUT2D eigenvalue weighted by Gasteiger charge is 2.07. The van der Waals surface area contributed by atoms with Gasteiger partial charge in [0.1, 0.15) is 0 Å². The van der Waals surface area contributed by atoms with Gasteiger partial charge in [-0.05, 0) is 26.0 Å². The van der Waals surface area contributed by atoms with Crippen molar-refractivity contribution in [2.24, 2.45) is 5.73 Å². The van der Waals surface area contributed by atoms with E-state index in [0.29, 0.717) is 6.54 Å². The van der Waals surface area contributed by atoms with Crippen LogP contribution in [-0.4, -0.2) is 9.97 Å². The number of fused-ring (bicyclic) bond motifs is 1. The summed E-state index contributed by atoms with van der Waals surface area (Å²) in [6.07, 6.45) is 0.